The van der Waals surface area contributed by atoms with Crippen LogP contribution in [0.4, 0.5) is 5.82 Å². The Morgan fingerprint density at radius 3 is 2.76 bits per heavy atom. The predicted octanol–water partition coefficient (Wildman–Crippen LogP) is 3.80. The number of nitrogens with one attached hydrogen (secondary N) is 1. The van der Waals surface area contributed by atoms with Crippen molar-refractivity contribution in [2.24, 2.45) is 5.92 Å². The van der Waals surface area contributed by atoms with Crippen LogP contribution in [0.2, 0.25) is 0 Å². The van der Waals surface area contributed by atoms with Crippen LogP contribution >= 0.6 is 0 Å². The van der Waals surface area contributed by atoms with E-state index in [1.165, 1.54) is 5.56 Å². The molecule has 0 aliphatic heterocycles. The minimum Gasteiger partial charge on any atom is -0.497 e. The molecule has 0 saturated heterocycles. The van der Waals surface area contributed by atoms with E-state index in [2.05, 4.69) is 17.4 Å². The average molecular weight is 339 g/mol. The molecule has 1 heterocycles. The van der Waals surface area contributed by atoms with Crippen molar-refractivity contribution in [3.8, 4) is 17.0 Å². The summed E-state index contributed by atoms with van der Waals surface area (Å²) in [6.07, 6.45) is 3.25. The highest BCUT2D eigenvalue weighted by Gasteiger charge is 2.23. The smallest absolute Gasteiger partial charge is 0.228 e. The van der Waals surface area contributed by atoms with E-state index in [4.69, 9.17) is 14.7 Å². The molecule has 0 spiro atoms. The van der Waals surface area contributed by atoms with Crippen LogP contribution in [0.25, 0.3) is 11.3 Å². The number of carbonyl (C=O) groups is 1. The minimum absolute atomic E-state index is 0.00685. The number of aryl methyl sites for hydroxylation is 3. The van der Waals surface area contributed by atoms with Gasteiger partial charge in [0, 0.05) is 11.5 Å². The Morgan fingerprint density at radius 2 is 2.08 bits per heavy atom. The van der Waals surface area contributed by atoms with Gasteiger partial charge >= 0.3 is 0 Å². The van der Waals surface area contributed by atoms with E-state index in [0.717, 1.165) is 54.1 Å². The molecule has 1 unspecified atom stereocenters. The van der Waals surface area contributed by atoms with Gasteiger partial charge in [0.15, 0.2) is 5.82 Å². The maximum atomic E-state index is 12.3. The van der Waals surface area contributed by atoms with Gasteiger partial charge in [-0.25, -0.2) is 9.97 Å². The third-order valence-electron chi connectivity index (χ3n) is 4.88. The monoisotopic (exact) mass is 339 g/mol. The lowest BCUT2D eigenvalue weighted by Gasteiger charge is -2.21. The molecule has 0 saturated carbocycles. The van der Waals surface area contributed by atoms with E-state index < -0.39 is 0 Å². The van der Waals surface area contributed by atoms with Gasteiger partial charge in [0.1, 0.15) is 5.75 Å². The van der Waals surface area contributed by atoms with Crippen LogP contribution in [-0.2, 0) is 24.1 Å². The topological polar surface area (TPSA) is 64.1 Å². The van der Waals surface area contributed by atoms with Crippen LogP contribution in [0, 0.1) is 5.92 Å². The lowest BCUT2D eigenvalue weighted by molar-refractivity contribution is -0.119. The number of anilines is 1. The molecule has 5 heteroatoms. The van der Waals surface area contributed by atoms with Crippen LogP contribution in [0.3, 0.4) is 0 Å². The Morgan fingerprint density at radius 1 is 1.28 bits per heavy atom. The lowest BCUT2D eigenvalue weighted by Crippen LogP contribution is -2.23. The zero-order valence-electron chi connectivity index (χ0n) is 15.3. The third kappa shape index (κ3) is 3.36. The van der Waals surface area contributed by atoms with Crippen LogP contribution in [-0.4, -0.2) is 23.0 Å². The summed E-state index contributed by atoms with van der Waals surface area (Å²) in [5.41, 5.74) is 5.07. The summed E-state index contributed by atoms with van der Waals surface area (Å²) in [5, 5.41) is 2.97. The summed E-state index contributed by atoms with van der Waals surface area (Å²) in [7, 11) is 1.68. The normalized spacial score (nSPS) is 13.6. The zero-order chi connectivity index (χ0) is 18.0. The molecule has 1 N–H and O–H groups in total. The first-order valence-electron chi connectivity index (χ1n) is 8.95. The van der Waals surface area contributed by atoms with Gasteiger partial charge in [0.05, 0.1) is 24.2 Å². The number of ether oxygens (including phenoxy) is 1. The molecular weight excluding hydrogens is 314 g/mol. The number of hydrogen-bond donors (Lipinski definition) is 1. The van der Waals surface area contributed by atoms with E-state index in [9.17, 15) is 4.79 Å². The first-order valence-corrected chi connectivity index (χ1v) is 8.95. The van der Waals surface area contributed by atoms with Crippen molar-refractivity contribution in [1.29, 1.82) is 0 Å². The Hall–Kier alpha value is -2.43. The molecule has 0 fully saturated rings. The van der Waals surface area contributed by atoms with E-state index in [-0.39, 0.29) is 11.8 Å². The number of nitrogens with zero attached hydrogens (tertiary/aromatic N) is 2. The molecule has 1 aromatic heterocycles. The van der Waals surface area contributed by atoms with Gasteiger partial charge in [0.25, 0.3) is 0 Å². The summed E-state index contributed by atoms with van der Waals surface area (Å²) in [6, 6.07) is 6.09. The molecule has 5 nitrogen and oxygen atoms in total. The maximum absolute atomic E-state index is 12.3. The lowest BCUT2D eigenvalue weighted by atomic mass is 9.91. The van der Waals surface area contributed by atoms with E-state index in [1.54, 1.807) is 7.11 Å². The SMILES string of the molecule is CCc1nc2c(nc1NC(=O)C(C)CC)CCc1cc(OC)ccc1-2. The predicted molar refractivity (Wildman–Crippen MR) is 98.9 cm³/mol. The summed E-state index contributed by atoms with van der Waals surface area (Å²) in [4.78, 5) is 21.9. The standard InChI is InChI=1S/C20H25N3O2/c1-5-12(3)20(24)23-19-16(6-2)21-18-15-9-8-14(25-4)11-13(15)7-10-17(18)22-19/h8-9,11-12H,5-7,10H2,1-4H3,(H,22,23,24). The number of aromatic nitrogens is 2. The molecule has 0 bridgehead atoms. The fourth-order valence-corrected chi connectivity index (χ4v) is 3.05. The van der Waals surface area contributed by atoms with Gasteiger partial charge in [0.2, 0.25) is 5.91 Å². The molecule has 0 radical (unpaired) electrons. The fraction of sp³-hybridized carbons (Fsp3) is 0.450. The summed E-state index contributed by atoms with van der Waals surface area (Å²) >= 11 is 0. The van der Waals surface area contributed by atoms with Crippen LogP contribution in [0.15, 0.2) is 18.2 Å². The van der Waals surface area contributed by atoms with E-state index >= 15 is 0 Å². The number of carbonyl (C=O) groups excluding carboxylic acids is 1. The largest absolute Gasteiger partial charge is 0.497 e. The van der Waals surface area contributed by atoms with Crippen LogP contribution in [0.5, 0.6) is 5.75 Å². The van der Waals surface area contributed by atoms with Crippen LogP contribution < -0.4 is 10.1 Å². The molecule has 1 aliphatic rings. The highest BCUT2D eigenvalue weighted by Crippen LogP contribution is 2.34. The van der Waals surface area contributed by atoms with Gasteiger partial charge in [-0.15, -0.1) is 0 Å². The number of hydrogen-bond acceptors (Lipinski definition) is 4. The Balaban J connectivity index is 2.00. The number of fused-ring (bicyclic) bond motifs is 3. The summed E-state index contributed by atoms with van der Waals surface area (Å²) < 4.78 is 5.33. The van der Waals surface area contributed by atoms with Crippen molar-refractivity contribution in [3.63, 3.8) is 0 Å². The van der Waals surface area contributed by atoms with E-state index in [0.29, 0.717) is 5.82 Å². The fourth-order valence-electron chi connectivity index (χ4n) is 3.05. The van der Waals surface area contributed by atoms with Gasteiger partial charge in [-0.2, -0.15) is 0 Å². The van der Waals surface area contributed by atoms with Gasteiger partial charge in [-0.05, 0) is 49.4 Å². The van der Waals surface area contributed by atoms with Crippen molar-refractivity contribution in [1.82, 2.24) is 9.97 Å². The van der Waals surface area contributed by atoms with Gasteiger partial charge in [-0.3, -0.25) is 4.79 Å². The Kier molecular flexibility index (Phi) is 5.02. The van der Waals surface area contributed by atoms with Crippen molar-refractivity contribution in [3.05, 3.63) is 35.2 Å². The molecule has 3 rings (SSSR count). The van der Waals surface area contributed by atoms with Crippen molar-refractivity contribution < 1.29 is 9.53 Å². The summed E-state index contributed by atoms with van der Waals surface area (Å²) in [5.74, 6) is 1.45. The highest BCUT2D eigenvalue weighted by atomic mass is 16.5. The quantitative estimate of drug-likeness (QED) is 0.900. The van der Waals surface area contributed by atoms with Gasteiger partial charge in [-0.1, -0.05) is 20.8 Å². The van der Waals surface area contributed by atoms with Crippen molar-refractivity contribution in [2.45, 2.75) is 46.5 Å². The van der Waals surface area contributed by atoms with Crippen LogP contribution in [0.1, 0.15) is 44.1 Å². The van der Waals surface area contributed by atoms with Gasteiger partial charge < -0.3 is 10.1 Å². The second-order valence-corrected chi connectivity index (χ2v) is 6.49. The number of methoxy groups -OCH3 is 1. The molecule has 1 atom stereocenters. The second-order valence-electron chi connectivity index (χ2n) is 6.49. The second kappa shape index (κ2) is 7.21. The number of amides is 1. The zero-order valence-corrected chi connectivity index (χ0v) is 15.3. The van der Waals surface area contributed by atoms with E-state index in [1.807, 2.05) is 26.8 Å². The molecular formula is C20H25N3O2. The maximum Gasteiger partial charge on any atom is 0.228 e. The molecule has 1 aromatic carbocycles. The highest BCUT2D eigenvalue weighted by molar-refractivity contribution is 5.92. The van der Waals surface area contributed by atoms with Crippen molar-refractivity contribution >= 4 is 11.7 Å². The molecule has 1 amide bonds. The third-order valence-corrected chi connectivity index (χ3v) is 4.88. The molecule has 1 aliphatic carbocycles. The number of rotatable bonds is 5. The molecule has 25 heavy (non-hydrogen) atoms. The Labute approximate surface area is 148 Å². The van der Waals surface area contributed by atoms with Crippen molar-refractivity contribution in [2.75, 3.05) is 12.4 Å². The molecule has 2 aromatic rings. The summed E-state index contributed by atoms with van der Waals surface area (Å²) in [6.45, 7) is 5.97. The Bertz CT molecular complexity index is 802. The first-order chi connectivity index (χ1) is 12.1. The first kappa shape index (κ1) is 17.4. The molecule has 132 valence electrons. The minimum atomic E-state index is -0.0317. The average Bonchev–Trinajstić information content (AvgIpc) is 2.65. The number of benzene rings is 1.